The zero-order chi connectivity index (χ0) is 19.9. The number of ether oxygens (including phenoxy) is 3. The van der Waals surface area contributed by atoms with Crippen molar-refractivity contribution in [3.8, 4) is 0 Å². The van der Waals surface area contributed by atoms with Crippen LogP contribution in [0.3, 0.4) is 0 Å². The highest BCUT2D eigenvalue weighted by Gasteiger charge is 2.11. The van der Waals surface area contributed by atoms with Gasteiger partial charge in [0.2, 0.25) is 0 Å². The third-order valence-electron chi connectivity index (χ3n) is 3.29. The van der Waals surface area contributed by atoms with Crippen molar-refractivity contribution in [2.75, 3.05) is 34.0 Å². The summed E-state index contributed by atoms with van der Waals surface area (Å²) in [5.74, 6) is 0.601. The van der Waals surface area contributed by atoms with E-state index in [2.05, 4.69) is 24.1 Å². The summed E-state index contributed by atoms with van der Waals surface area (Å²) in [6.07, 6.45) is 4.97. The van der Waals surface area contributed by atoms with Gasteiger partial charge in [0, 0.05) is 31.1 Å². The predicted octanol–water partition coefficient (Wildman–Crippen LogP) is 3.87. The van der Waals surface area contributed by atoms with E-state index in [0.717, 1.165) is 35.7 Å². The number of methoxy groups -OCH3 is 2. The lowest BCUT2D eigenvalue weighted by molar-refractivity contribution is 0.0519. The summed E-state index contributed by atoms with van der Waals surface area (Å²) < 4.78 is 15.1. The van der Waals surface area contributed by atoms with E-state index in [0.29, 0.717) is 18.9 Å². The molecule has 6 heteroatoms. The molecular weight excluding hydrogens is 332 g/mol. The van der Waals surface area contributed by atoms with E-state index < -0.39 is 0 Å². The fourth-order valence-electron chi connectivity index (χ4n) is 2.24. The average Bonchev–Trinajstić information content (AvgIpc) is 2.94. The zero-order valence-electron chi connectivity index (χ0n) is 17.2. The van der Waals surface area contributed by atoms with Gasteiger partial charge in [-0.1, -0.05) is 6.92 Å². The van der Waals surface area contributed by atoms with Gasteiger partial charge in [0.25, 0.3) is 0 Å². The maximum atomic E-state index is 11.2. The molecule has 0 aromatic carbocycles. The molecule has 148 valence electrons. The van der Waals surface area contributed by atoms with Gasteiger partial charge in [-0.05, 0) is 51.8 Å². The second-order valence-corrected chi connectivity index (χ2v) is 5.58. The number of esters is 1. The van der Waals surface area contributed by atoms with Crippen molar-refractivity contribution in [2.45, 2.75) is 41.0 Å². The number of nitrogens with one attached hydrogen (secondary N) is 2. The van der Waals surface area contributed by atoms with Gasteiger partial charge < -0.3 is 24.5 Å². The Kier molecular flexibility index (Phi) is 12.8. The minimum Gasteiger partial charge on any atom is -0.497 e. The minimum absolute atomic E-state index is 0.275. The zero-order valence-corrected chi connectivity index (χ0v) is 17.2. The SMILES string of the molecule is CC/C=C(\C=C(/COC)NCC)OC.CCOC(=O)c1[nH]c(C)cc1C. The van der Waals surface area contributed by atoms with Crippen LogP contribution >= 0.6 is 0 Å². The molecule has 0 aliphatic heterocycles. The topological polar surface area (TPSA) is 72.6 Å². The van der Waals surface area contributed by atoms with E-state index in [1.807, 2.05) is 32.1 Å². The highest BCUT2D eigenvalue weighted by molar-refractivity contribution is 5.89. The average molecular weight is 367 g/mol. The first-order valence-electron chi connectivity index (χ1n) is 8.94. The Bertz CT molecular complexity index is 581. The number of aromatic nitrogens is 1. The molecule has 1 heterocycles. The Balaban J connectivity index is 0.000000485. The fraction of sp³-hybridized carbons (Fsp3) is 0.550. The third kappa shape index (κ3) is 9.32. The smallest absolute Gasteiger partial charge is 0.355 e. The first-order valence-corrected chi connectivity index (χ1v) is 8.94. The number of likely N-dealkylation sites (N-methyl/N-ethyl adjacent to an activating group) is 1. The maximum absolute atomic E-state index is 11.2. The molecule has 2 N–H and O–H groups in total. The second-order valence-electron chi connectivity index (χ2n) is 5.58. The van der Waals surface area contributed by atoms with Crippen molar-refractivity contribution < 1.29 is 19.0 Å². The van der Waals surface area contributed by atoms with E-state index >= 15 is 0 Å². The Morgan fingerprint density at radius 3 is 2.35 bits per heavy atom. The fourth-order valence-corrected chi connectivity index (χ4v) is 2.24. The van der Waals surface area contributed by atoms with E-state index in [-0.39, 0.29) is 5.97 Å². The summed E-state index contributed by atoms with van der Waals surface area (Å²) in [4.78, 5) is 14.2. The molecule has 1 aromatic rings. The molecule has 26 heavy (non-hydrogen) atoms. The normalized spacial score (nSPS) is 11.5. The van der Waals surface area contributed by atoms with E-state index in [4.69, 9.17) is 14.2 Å². The molecule has 0 aliphatic rings. The van der Waals surface area contributed by atoms with Crippen LogP contribution in [-0.4, -0.2) is 44.9 Å². The Labute approximate surface area is 157 Å². The van der Waals surface area contributed by atoms with Crippen LogP contribution in [0.25, 0.3) is 0 Å². The van der Waals surface area contributed by atoms with Crippen LogP contribution in [0.5, 0.6) is 0 Å². The van der Waals surface area contributed by atoms with E-state index in [9.17, 15) is 4.79 Å². The van der Waals surface area contributed by atoms with Crippen molar-refractivity contribution in [1.82, 2.24) is 10.3 Å². The lowest BCUT2D eigenvalue weighted by atomic mass is 10.3. The van der Waals surface area contributed by atoms with Crippen LogP contribution in [0.4, 0.5) is 0 Å². The van der Waals surface area contributed by atoms with E-state index in [1.165, 1.54) is 0 Å². The van der Waals surface area contributed by atoms with Crippen molar-refractivity contribution in [3.05, 3.63) is 46.6 Å². The number of carbonyl (C=O) groups excluding carboxylic acids is 1. The summed E-state index contributed by atoms with van der Waals surface area (Å²) in [5.41, 5.74) is 3.52. The molecule has 0 spiro atoms. The number of allylic oxidation sites excluding steroid dienone is 2. The van der Waals surface area contributed by atoms with Crippen LogP contribution < -0.4 is 5.32 Å². The number of rotatable bonds is 9. The van der Waals surface area contributed by atoms with Gasteiger partial charge in [-0.2, -0.15) is 0 Å². The lowest BCUT2D eigenvalue weighted by Crippen LogP contribution is -2.16. The van der Waals surface area contributed by atoms with Crippen LogP contribution in [-0.2, 0) is 14.2 Å². The number of aryl methyl sites for hydroxylation is 2. The van der Waals surface area contributed by atoms with Crippen molar-refractivity contribution >= 4 is 5.97 Å². The first kappa shape index (κ1) is 23.8. The number of aromatic amines is 1. The maximum Gasteiger partial charge on any atom is 0.355 e. The monoisotopic (exact) mass is 366 g/mol. The van der Waals surface area contributed by atoms with Gasteiger partial charge in [0.1, 0.15) is 11.5 Å². The number of hydrogen-bond donors (Lipinski definition) is 2. The van der Waals surface area contributed by atoms with E-state index in [1.54, 1.807) is 21.1 Å². The summed E-state index contributed by atoms with van der Waals surface area (Å²) in [7, 11) is 3.36. The van der Waals surface area contributed by atoms with Crippen LogP contribution in [0, 0.1) is 13.8 Å². The summed E-state index contributed by atoms with van der Waals surface area (Å²) in [5, 5.41) is 3.22. The quantitative estimate of drug-likeness (QED) is 0.394. The Morgan fingerprint density at radius 1 is 1.23 bits per heavy atom. The summed E-state index contributed by atoms with van der Waals surface area (Å²) in [6, 6.07) is 1.92. The second kappa shape index (κ2) is 14.0. The highest BCUT2D eigenvalue weighted by atomic mass is 16.5. The van der Waals surface area contributed by atoms with Gasteiger partial charge in [-0.3, -0.25) is 0 Å². The molecule has 0 radical (unpaired) electrons. The number of hydrogen-bond acceptors (Lipinski definition) is 5. The molecule has 0 bridgehead atoms. The predicted molar refractivity (Wildman–Crippen MR) is 105 cm³/mol. The molecule has 0 amide bonds. The highest BCUT2D eigenvalue weighted by Crippen LogP contribution is 2.09. The van der Waals surface area contributed by atoms with Crippen LogP contribution in [0.15, 0.2) is 29.7 Å². The van der Waals surface area contributed by atoms with Gasteiger partial charge in [0.05, 0.1) is 20.3 Å². The van der Waals surface area contributed by atoms with Gasteiger partial charge in [-0.25, -0.2) is 4.79 Å². The molecule has 0 saturated carbocycles. The molecule has 6 nitrogen and oxygen atoms in total. The van der Waals surface area contributed by atoms with Crippen molar-refractivity contribution in [2.24, 2.45) is 0 Å². The van der Waals surface area contributed by atoms with Crippen LogP contribution in [0.2, 0.25) is 0 Å². The molecular formula is C20H34N2O4. The molecule has 1 aromatic heterocycles. The molecule has 0 aliphatic carbocycles. The van der Waals surface area contributed by atoms with Crippen molar-refractivity contribution in [1.29, 1.82) is 0 Å². The third-order valence-corrected chi connectivity index (χ3v) is 3.29. The molecule has 0 atom stereocenters. The number of H-pyrrole nitrogens is 1. The standard InChI is InChI=1S/C11H21NO2.C9H13NO2/c1-5-7-11(14-4)8-10(9-13-3)12-6-2;1-4-12-9(11)8-6(2)5-7(3)10-8/h7-8,12H,5-6,9H2,1-4H3;5,10H,4H2,1-3H3/b10-8+,11-7+;. The van der Waals surface area contributed by atoms with Crippen LogP contribution in [0.1, 0.15) is 48.9 Å². The molecule has 0 saturated heterocycles. The van der Waals surface area contributed by atoms with Gasteiger partial charge in [0.15, 0.2) is 0 Å². The first-order chi connectivity index (χ1) is 12.4. The summed E-state index contributed by atoms with van der Waals surface area (Å²) in [6.45, 7) is 11.6. The van der Waals surface area contributed by atoms with Crippen molar-refractivity contribution in [3.63, 3.8) is 0 Å². The molecule has 0 fully saturated rings. The molecule has 0 unspecified atom stereocenters. The minimum atomic E-state index is -0.275. The lowest BCUT2D eigenvalue weighted by Gasteiger charge is -2.09. The largest absolute Gasteiger partial charge is 0.497 e. The van der Waals surface area contributed by atoms with Gasteiger partial charge in [-0.15, -0.1) is 0 Å². The Morgan fingerprint density at radius 2 is 1.92 bits per heavy atom. The number of carbonyl (C=O) groups is 1. The molecule has 1 rings (SSSR count). The van der Waals surface area contributed by atoms with Gasteiger partial charge >= 0.3 is 5.97 Å². The summed E-state index contributed by atoms with van der Waals surface area (Å²) >= 11 is 0. The Hall–Kier alpha value is -2.21.